The van der Waals surface area contributed by atoms with Gasteiger partial charge in [0.15, 0.2) is 5.96 Å². The molecule has 4 rings (SSSR count). The van der Waals surface area contributed by atoms with Crippen LogP contribution in [0.25, 0.3) is 0 Å². The lowest BCUT2D eigenvalue weighted by Gasteiger charge is -2.34. The van der Waals surface area contributed by atoms with Crippen molar-refractivity contribution in [2.24, 2.45) is 4.99 Å². The number of hydrogen-bond acceptors (Lipinski definition) is 3. The van der Waals surface area contributed by atoms with Crippen LogP contribution in [-0.2, 0) is 9.47 Å². The Balaban J connectivity index is 0.00000240. The first-order valence-corrected chi connectivity index (χ1v) is 11.2. The molecular formula is C22H33ClIN3O2. The predicted octanol–water partition coefficient (Wildman–Crippen LogP) is 4.44. The molecule has 0 radical (unpaired) electrons. The Bertz CT molecular complexity index is 676. The van der Waals surface area contributed by atoms with Crippen molar-refractivity contribution in [3.63, 3.8) is 0 Å². The van der Waals surface area contributed by atoms with Crippen molar-refractivity contribution in [2.75, 3.05) is 32.8 Å². The number of nitrogens with zero attached hydrogens (tertiary/aromatic N) is 2. The maximum absolute atomic E-state index is 6.15. The Morgan fingerprint density at radius 3 is 2.83 bits per heavy atom. The highest BCUT2D eigenvalue weighted by Crippen LogP contribution is 2.41. The molecule has 3 unspecified atom stereocenters. The van der Waals surface area contributed by atoms with E-state index < -0.39 is 0 Å². The van der Waals surface area contributed by atoms with Crippen molar-refractivity contribution >= 4 is 41.5 Å². The number of ether oxygens (including phenoxy) is 2. The van der Waals surface area contributed by atoms with E-state index in [1.165, 1.54) is 12.0 Å². The molecular weight excluding hydrogens is 501 g/mol. The van der Waals surface area contributed by atoms with Crippen LogP contribution in [0.1, 0.15) is 50.5 Å². The summed E-state index contributed by atoms with van der Waals surface area (Å²) in [7, 11) is 0. The van der Waals surface area contributed by atoms with Crippen molar-refractivity contribution < 1.29 is 9.47 Å². The zero-order valence-electron chi connectivity index (χ0n) is 17.2. The third-order valence-electron chi connectivity index (χ3n) is 5.97. The van der Waals surface area contributed by atoms with Crippen LogP contribution in [0, 0.1) is 0 Å². The summed E-state index contributed by atoms with van der Waals surface area (Å²) in [5.74, 6) is 1.59. The van der Waals surface area contributed by atoms with Gasteiger partial charge in [0, 0.05) is 43.2 Å². The molecule has 3 aliphatic rings. The molecule has 0 bridgehead atoms. The van der Waals surface area contributed by atoms with Crippen LogP contribution in [0.5, 0.6) is 0 Å². The lowest BCUT2D eigenvalue weighted by atomic mass is 10.1. The van der Waals surface area contributed by atoms with Crippen LogP contribution in [-0.4, -0.2) is 62.0 Å². The minimum atomic E-state index is 0. The monoisotopic (exact) mass is 533 g/mol. The fourth-order valence-corrected chi connectivity index (χ4v) is 4.46. The molecule has 1 N–H and O–H groups in total. The minimum absolute atomic E-state index is 0. The number of halogens is 2. The van der Waals surface area contributed by atoms with Gasteiger partial charge < -0.3 is 19.7 Å². The summed E-state index contributed by atoms with van der Waals surface area (Å²) in [5, 5.41) is 4.51. The van der Waals surface area contributed by atoms with Crippen LogP contribution in [0.4, 0.5) is 0 Å². The highest BCUT2D eigenvalue weighted by molar-refractivity contribution is 14.0. The van der Waals surface area contributed by atoms with Gasteiger partial charge in [-0.2, -0.15) is 0 Å². The fraction of sp³-hybridized carbons (Fsp3) is 0.682. The molecule has 1 saturated carbocycles. The van der Waals surface area contributed by atoms with Crippen molar-refractivity contribution in [3.8, 4) is 0 Å². The third kappa shape index (κ3) is 6.45. The standard InChI is InChI=1S/C22H32ClN3O2.HI/c1-2-24-22(25-21-14-20(21)16-5-3-6-17(23)13-16)26-10-8-18(9-11-26)28-15-19-7-4-12-27-19;/h3,5-6,13,18-21H,2,4,7-12,14-15H2,1H3,(H,24,25);1H. The molecule has 2 saturated heterocycles. The molecule has 162 valence electrons. The average Bonchev–Trinajstić information content (AvgIpc) is 3.28. The molecule has 3 fully saturated rings. The van der Waals surface area contributed by atoms with E-state index in [-0.39, 0.29) is 24.0 Å². The molecule has 5 nitrogen and oxygen atoms in total. The molecule has 2 aliphatic heterocycles. The number of benzene rings is 1. The van der Waals surface area contributed by atoms with Gasteiger partial charge in [-0.3, -0.25) is 4.99 Å². The van der Waals surface area contributed by atoms with E-state index in [0.717, 1.165) is 69.5 Å². The van der Waals surface area contributed by atoms with Gasteiger partial charge in [-0.15, -0.1) is 24.0 Å². The molecule has 0 spiro atoms. The Kier molecular flexibility index (Phi) is 8.89. The van der Waals surface area contributed by atoms with Crippen LogP contribution in [0.3, 0.4) is 0 Å². The SMILES string of the molecule is CCN=C(NC1CC1c1cccc(Cl)c1)N1CCC(OCC2CCCO2)CC1.I. The molecule has 1 aliphatic carbocycles. The summed E-state index contributed by atoms with van der Waals surface area (Å²) in [6.07, 6.45) is 6.24. The summed E-state index contributed by atoms with van der Waals surface area (Å²) in [6.45, 7) is 6.54. The third-order valence-corrected chi connectivity index (χ3v) is 6.21. The Labute approximate surface area is 196 Å². The Hall–Kier alpha value is -0.570. The molecule has 0 aromatic heterocycles. The van der Waals surface area contributed by atoms with Gasteiger partial charge in [0.05, 0.1) is 18.8 Å². The quantitative estimate of drug-likeness (QED) is 0.334. The minimum Gasteiger partial charge on any atom is -0.376 e. The number of aliphatic imine (C=N–C) groups is 1. The van der Waals surface area contributed by atoms with Gasteiger partial charge in [0.1, 0.15) is 0 Å². The first-order valence-electron chi connectivity index (χ1n) is 10.8. The number of guanidine groups is 1. The van der Waals surface area contributed by atoms with Crippen LogP contribution in [0.2, 0.25) is 5.02 Å². The topological polar surface area (TPSA) is 46.1 Å². The Morgan fingerprint density at radius 2 is 2.14 bits per heavy atom. The zero-order chi connectivity index (χ0) is 19.3. The maximum atomic E-state index is 6.15. The zero-order valence-corrected chi connectivity index (χ0v) is 20.3. The number of nitrogens with one attached hydrogen (secondary N) is 1. The van der Waals surface area contributed by atoms with Crippen LogP contribution in [0.15, 0.2) is 29.3 Å². The van der Waals surface area contributed by atoms with E-state index in [1.54, 1.807) is 0 Å². The summed E-state index contributed by atoms with van der Waals surface area (Å²) < 4.78 is 11.8. The molecule has 3 atom stereocenters. The molecule has 1 aromatic rings. The van der Waals surface area contributed by atoms with Crippen molar-refractivity contribution in [1.29, 1.82) is 0 Å². The number of rotatable bonds is 6. The largest absolute Gasteiger partial charge is 0.376 e. The van der Waals surface area contributed by atoms with E-state index in [9.17, 15) is 0 Å². The number of hydrogen-bond donors (Lipinski definition) is 1. The second kappa shape index (κ2) is 11.2. The predicted molar refractivity (Wildman–Crippen MR) is 129 cm³/mol. The van der Waals surface area contributed by atoms with Gasteiger partial charge in [0.2, 0.25) is 0 Å². The van der Waals surface area contributed by atoms with Gasteiger partial charge in [-0.1, -0.05) is 23.7 Å². The van der Waals surface area contributed by atoms with E-state index in [1.807, 2.05) is 12.1 Å². The van der Waals surface area contributed by atoms with Gasteiger partial charge in [0.25, 0.3) is 0 Å². The van der Waals surface area contributed by atoms with Gasteiger partial charge in [-0.25, -0.2) is 0 Å². The molecule has 2 heterocycles. The van der Waals surface area contributed by atoms with Crippen LogP contribution >= 0.6 is 35.6 Å². The average molecular weight is 534 g/mol. The first kappa shape index (κ1) is 23.1. The molecule has 1 aromatic carbocycles. The van der Waals surface area contributed by atoms with Gasteiger partial charge in [-0.05, 0) is 56.7 Å². The second-order valence-electron chi connectivity index (χ2n) is 8.10. The summed E-state index contributed by atoms with van der Waals surface area (Å²) in [5.41, 5.74) is 1.32. The summed E-state index contributed by atoms with van der Waals surface area (Å²) >= 11 is 6.15. The molecule has 7 heteroatoms. The molecule has 29 heavy (non-hydrogen) atoms. The van der Waals surface area contributed by atoms with E-state index in [0.29, 0.717) is 24.2 Å². The lowest BCUT2D eigenvalue weighted by molar-refractivity contribution is -0.0367. The van der Waals surface area contributed by atoms with E-state index in [2.05, 4.69) is 29.3 Å². The fourth-order valence-electron chi connectivity index (χ4n) is 4.27. The smallest absolute Gasteiger partial charge is 0.194 e. The normalized spacial score (nSPS) is 27.6. The van der Waals surface area contributed by atoms with Crippen molar-refractivity contribution in [1.82, 2.24) is 10.2 Å². The first-order chi connectivity index (χ1) is 13.7. The Morgan fingerprint density at radius 1 is 1.31 bits per heavy atom. The van der Waals surface area contributed by atoms with Gasteiger partial charge >= 0.3 is 0 Å². The van der Waals surface area contributed by atoms with Crippen LogP contribution < -0.4 is 5.32 Å². The number of piperidine rings is 1. The van der Waals surface area contributed by atoms with Crippen molar-refractivity contribution in [2.45, 2.75) is 63.2 Å². The summed E-state index contributed by atoms with van der Waals surface area (Å²) in [6, 6.07) is 8.69. The van der Waals surface area contributed by atoms with E-state index >= 15 is 0 Å². The lowest BCUT2D eigenvalue weighted by Crippen LogP contribution is -2.48. The van der Waals surface area contributed by atoms with Crippen molar-refractivity contribution in [3.05, 3.63) is 34.9 Å². The highest BCUT2D eigenvalue weighted by atomic mass is 127. The number of likely N-dealkylation sites (tertiary alicyclic amines) is 1. The highest BCUT2D eigenvalue weighted by Gasteiger charge is 2.40. The summed E-state index contributed by atoms with van der Waals surface area (Å²) in [4.78, 5) is 7.14. The maximum Gasteiger partial charge on any atom is 0.194 e. The molecule has 0 amide bonds. The van der Waals surface area contributed by atoms with E-state index in [4.69, 9.17) is 26.1 Å². The second-order valence-corrected chi connectivity index (χ2v) is 8.54.